The highest BCUT2D eigenvalue weighted by Crippen LogP contribution is 2.12. The summed E-state index contributed by atoms with van der Waals surface area (Å²) in [5.74, 6) is -1.92. The summed E-state index contributed by atoms with van der Waals surface area (Å²) in [5, 5.41) is 5.46. The molecule has 0 radical (unpaired) electrons. The third-order valence-electron chi connectivity index (χ3n) is 5.05. The number of hydrogen-bond donors (Lipinski definition) is 2. The van der Waals surface area contributed by atoms with Crippen LogP contribution in [0.4, 0.5) is 0 Å². The van der Waals surface area contributed by atoms with Gasteiger partial charge in [0.2, 0.25) is 5.91 Å². The molecule has 0 bridgehead atoms. The zero-order chi connectivity index (χ0) is 18.4. The number of carbonyl (C=O) groups is 3. The molecule has 3 rings (SSSR count). The molecule has 1 aromatic rings. The molecule has 0 spiro atoms. The van der Waals surface area contributed by atoms with Crippen LogP contribution in [-0.4, -0.2) is 66.8 Å². The van der Waals surface area contributed by atoms with Crippen LogP contribution in [0.3, 0.4) is 0 Å². The van der Waals surface area contributed by atoms with Gasteiger partial charge in [0.1, 0.15) is 0 Å². The van der Waals surface area contributed by atoms with Gasteiger partial charge in [-0.1, -0.05) is 30.3 Å². The van der Waals surface area contributed by atoms with Crippen LogP contribution >= 0.6 is 0 Å². The van der Waals surface area contributed by atoms with Gasteiger partial charge in [0.25, 0.3) is 0 Å². The van der Waals surface area contributed by atoms with Crippen LogP contribution in [0.2, 0.25) is 0 Å². The third kappa shape index (κ3) is 4.89. The first-order valence-corrected chi connectivity index (χ1v) is 9.24. The fourth-order valence-corrected chi connectivity index (χ4v) is 3.45. The van der Waals surface area contributed by atoms with Gasteiger partial charge in [0, 0.05) is 38.6 Å². The van der Waals surface area contributed by atoms with E-state index in [4.69, 9.17) is 0 Å². The number of imide groups is 1. The summed E-state index contributed by atoms with van der Waals surface area (Å²) in [6, 6.07) is 10.2. The first-order chi connectivity index (χ1) is 12.6. The van der Waals surface area contributed by atoms with Gasteiger partial charge >= 0.3 is 11.8 Å². The Morgan fingerprint density at radius 2 is 1.65 bits per heavy atom. The van der Waals surface area contributed by atoms with Crippen molar-refractivity contribution >= 4 is 17.7 Å². The molecule has 0 unspecified atom stereocenters. The molecule has 3 amide bonds. The maximum absolute atomic E-state index is 12.3. The number of piperazine rings is 1. The summed E-state index contributed by atoms with van der Waals surface area (Å²) < 4.78 is 0. The lowest BCUT2D eigenvalue weighted by Gasteiger charge is -2.34. The van der Waals surface area contributed by atoms with Crippen LogP contribution in [-0.2, 0) is 20.9 Å². The molecule has 7 heteroatoms. The van der Waals surface area contributed by atoms with Gasteiger partial charge in [-0.25, -0.2) is 0 Å². The summed E-state index contributed by atoms with van der Waals surface area (Å²) in [4.78, 5) is 40.3. The predicted molar refractivity (Wildman–Crippen MR) is 97.0 cm³/mol. The standard InChI is InChI=1S/C19H26N4O3/c24-17(16-6-8-20-9-7-16)21-18(25)19(26)23-12-10-22(11-13-23)14-15-4-2-1-3-5-15/h1-5,16,20H,6-14H2,(H,21,24,25). The Kier molecular flexibility index (Phi) is 6.35. The first kappa shape index (κ1) is 18.5. The van der Waals surface area contributed by atoms with E-state index in [0.29, 0.717) is 25.9 Å². The third-order valence-corrected chi connectivity index (χ3v) is 5.05. The number of carbonyl (C=O) groups excluding carboxylic acids is 3. The van der Waals surface area contributed by atoms with E-state index in [9.17, 15) is 14.4 Å². The number of nitrogens with one attached hydrogen (secondary N) is 2. The van der Waals surface area contributed by atoms with E-state index in [1.807, 2.05) is 18.2 Å². The quantitative estimate of drug-likeness (QED) is 0.742. The van der Waals surface area contributed by atoms with Crippen molar-refractivity contribution in [1.29, 1.82) is 0 Å². The lowest BCUT2D eigenvalue weighted by Crippen LogP contribution is -2.53. The largest absolute Gasteiger partial charge is 0.332 e. The number of benzene rings is 1. The summed E-state index contributed by atoms with van der Waals surface area (Å²) in [6.07, 6.45) is 1.40. The molecule has 140 valence electrons. The highest BCUT2D eigenvalue weighted by molar-refractivity contribution is 6.37. The summed E-state index contributed by atoms with van der Waals surface area (Å²) in [5.41, 5.74) is 1.23. The molecule has 2 aliphatic heterocycles. The lowest BCUT2D eigenvalue weighted by atomic mass is 9.97. The van der Waals surface area contributed by atoms with E-state index in [-0.39, 0.29) is 11.8 Å². The molecule has 26 heavy (non-hydrogen) atoms. The summed E-state index contributed by atoms with van der Waals surface area (Å²) in [7, 11) is 0. The molecule has 7 nitrogen and oxygen atoms in total. The first-order valence-electron chi connectivity index (χ1n) is 9.24. The highest BCUT2D eigenvalue weighted by atomic mass is 16.2. The Balaban J connectivity index is 1.44. The zero-order valence-electron chi connectivity index (χ0n) is 14.9. The molecule has 0 aromatic heterocycles. The Bertz CT molecular complexity index is 635. The second-order valence-electron chi connectivity index (χ2n) is 6.90. The van der Waals surface area contributed by atoms with E-state index in [1.54, 1.807) is 0 Å². The highest BCUT2D eigenvalue weighted by Gasteiger charge is 2.29. The molecule has 0 saturated carbocycles. The fraction of sp³-hybridized carbons (Fsp3) is 0.526. The fourth-order valence-electron chi connectivity index (χ4n) is 3.45. The Morgan fingerprint density at radius 1 is 1.00 bits per heavy atom. The van der Waals surface area contributed by atoms with E-state index in [0.717, 1.165) is 32.7 Å². The van der Waals surface area contributed by atoms with Crippen molar-refractivity contribution in [2.45, 2.75) is 19.4 Å². The van der Waals surface area contributed by atoms with Crippen molar-refractivity contribution in [2.75, 3.05) is 39.3 Å². The van der Waals surface area contributed by atoms with Crippen molar-refractivity contribution in [1.82, 2.24) is 20.4 Å². The van der Waals surface area contributed by atoms with Crippen molar-refractivity contribution < 1.29 is 14.4 Å². The summed E-state index contributed by atoms with van der Waals surface area (Å²) >= 11 is 0. The van der Waals surface area contributed by atoms with E-state index < -0.39 is 11.8 Å². The second-order valence-corrected chi connectivity index (χ2v) is 6.90. The van der Waals surface area contributed by atoms with Gasteiger partial charge in [0.05, 0.1) is 0 Å². The number of rotatable bonds is 3. The topological polar surface area (TPSA) is 81.8 Å². The minimum absolute atomic E-state index is 0.185. The van der Waals surface area contributed by atoms with Crippen molar-refractivity contribution in [3.63, 3.8) is 0 Å². The van der Waals surface area contributed by atoms with E-state index >= 15 is 0 Å². The molecule has 2 aliphatic rings. The van der Waals surface area contributed by atoms with Crippen molar-refractivity contribution in [3.8, 4) is 0 Å². The van der Waals surface area contributed by atoms with Crippen LogP contribution in [0.5, 0.6) is 0 Å². The lowest BCUT2D eigenvalue weighted by molar-refractivity contribution is -0.149. The number of amides is 3. The van der Waals surface area contributed by atoms with Crippen LogP contribution < -0.4 is 10.6 Å². The van der Waals surface area contributed by atoms with Crippen molar-refractivity contribution in [3.05, 3.63) is 35.9 Å². The zero-order valence-corrected chi connectivity index (χ0v) is 14.9. The van der Waals surface area contributed by atoms with Gasteiger partial charge in [-0.2, -0.15) is 0 Å². The molecule has 1 aromatic carbocycles. The normalized spacial score (nSPS) is 19.2. The van der Waals surface area contributed by atoms with Gasteiger partial charge < -0.3 is 10.2 Å². The number of hydrogen-bond acceptors (Lipinski definition) is 5. The SMILES string of the molecule is O=C(NC(=O)C1CCNCC1)C(=O)N1CCN(Cc2ccccc2)CC1. The minimum Gasteiger partial charge on any atom is -0.332 e. The molecule has 2 fully saturated rings. The maximum Gasteiger partial charge on any atom is 0.316 e. The molecular formula is C19H26N4O3. The van der Waals surface area contributed by atoms with E-state index in [2.05, 4.69) is 27.7 Å². The van der Waals surface area contributed by atoms with Crippen LogP contribution in [0, 0.1) is 5.92 Å². The monoisotopic (exact) mass is 358 g/mol. The molecule has 2 N–H and O–H groups in total. The maximum atomic E-state index is 12.3. The van der Waals surface area contributed by atoms with Crippen LogP contribution in [0.25, 0.3) is 0 Å². The minimum atomic E-state index is -0.801. The number of nitrogens with zero attached hydrogens (tertiary/aromatic N) is 2. The van der Waals surface area contributed by atoms with Crippen LogP contribution in [0.1, 0.15) is 18.4 Å². The second kappa shape index (κ2) is 8.91. The number of piperidine rings is 1. The Morgan fingerprint density at radius 3 is 2.31 bits per heavy atom. The molecule has 0 aliphatic carbocycles. The molecule has 2 saturated heterocycles. The molecular weight excluding hydrogens is 332 g/mol. The van der Waals surface area contributed by atoms with Gasteiger partial charge in [0.15, 0.2) is 0 Å². The van der Waals surface area contributed by atoms with Gasteiger partial charge in [-0.3, -0.25) is 24.6 Å². The Hall–Kier alpha value is -2.25. The van der Waals surface area contributed by atoms with Crippen molar-refractivity contribution in [2.24, 2.45) is 5.92 Å². The molecule has 0 atom stereocenters. The molecule has 2 heterocycles. The van der Waals surface area contributed by atoms with E-state index in [1.165, 1.54) is 10.5 Å². The van der Waals surface area contributed by atoms with Gasteiger partial charge in [-0.15, -0.1) is 0 Å². The average molecular weight is 358 g/mol. The van der Waals surface area contributed by atoms with Gasteiger partial charge in [-0.05, 0) is 31.5 Å². The smallest absolute Gasteiger partial charge is 0.316 e. The average Bonchev–Trinajstić information content (AvgIpc) is 2.69. The predicted octanol–water partition coefficient (Wildman–Crippen LogP) is -0.0268. The van der Waals surface area contributed by atoms with Crippen LogP contribution in [0.15, 0.2) is 30.3 Å². The summed E-state index contributed by atoms with van der Waals surface area (Å²) in [6.45, 7) is 4.81. The Labute approximate surface area is 153 Å².